The summed E-state index contributed by atoms with van der Waals surface area (Å²) >= 11 is 0. The normalized spacial score (nSPS) is 12.9. The van der Waals surface area contributed by atoms with Crippen LogP contribution in [0.15, 0.2) is 29.4 Å². The summed E-state index contributed by atoms with van der Waals surface area (Å²) in [5.74, 6) is 0.221. The smallest absolute Gasteiger partial charge is 0.257 e. The highest BCUT2D eigenvalue weighted by atomic mass is 16.5. The van der Waals surface area contributed by atoms with Crippen LogP contribution in [-0.2, 0) is 0 Å². The number of ether oxygens (including phenoxy) is 1. The Kier molecular flexibility index (Phi) is 5.17. The molecule has 1 unspecified atom stereocenters. The summed E-state index contributed by atoms with van der Waals surface area (Å²) < 4.78 is 5.15. The van der Waals surface area contributed by atoms with Crippen molar-refractivity contribution in [1.29, 1.82) is 0 Å². The zero-order valence-corrected chi connectivity index (χ0v) is 11.3. The number of para-hydroxylation sites is 1. The van der Waals surface area contributed by atoms with E-state index in [0.717, 1.165) is 0 Å². The molecule has 0 bridgehead atoms. The number of methoxy groups -OCH3 is 1. The summed E-state index contributed by atoms with van der Waals surface area (Å²) in [6.07, 6.45) is 0. The zero-order chi connectivity index (χ0) is 14.4. The van der Waals surface area contributed by atoms with Gasteiger partial charge in [0.2, 0.25) is 0 Å². The first-order valence-electron chi connectivity index (χ1n) is 5.87. The highest BCUT2D eigenvalue weighted by molar-refractivity contribution is 5.97. The Morgan fingerprint density at radius 1 is 1.53 bits per heavy atom. The van der Waals surface area contributed by atoms with E-state index in [4.69, 9.17) is 15.7 Å². The summed E-state index contributed by atoms with van der Waals surface area (Å²) in [5, 5.41) is 11.5. The van der Waals surface area contributed by atoms with Crippen molar-refractivity contribution >= 4 is 11.7 Å². The number of nitrogens with zero attached hydrogens (tertiary/aromatic N) is 2. The predicted octanol–water partition coefficient (Wildman–Crippen LogP) is 1.15. The number of nitrogens with two attached hydrogens (primary N) is 1. The SMILES string of the molecule is COc1ccccc1C(=O)N(C)CC(C)C(N)=NO. The molecule has 0 fully saturated rings. The van der Waals surface area contributed by atoms with E-state index in [-0.39, 0.29) is 17.7 Å². The molecule has 0 aliphatic carbocycles. The van der Waals surface area contributed by atoms with Gasteiger partial charge in [0.25, 0.3) is 5.91 Å². The van der Waals surface area contributed by atoms with Crippen LogP contribution in [-0.4, -0.2) is 42.6 Å². The van der Waals surface area contributed by atoms with Crippen LogP contribution in [0.2, 0.25) is 0 Å². The van der Waals surface area contributed by atoms with E-state index in [2.05, 4.69) is 5.16 Å². The van der Waals surface area contributed by atoms with Crippen LogP contribution >= 0.6 is 0 Å². The molecular weight excluding hydrogens is 246 g/mol. The molecular formula is C13H19N3O3. The lowest BCUT2D eigenvalue weighted by molar-refractivity contribution is 0.0782. The molecule has 0 saturated heterocycles. The summed E-state index contributed by atoms with van der Waals surface area (Å²) in [6, 6.07) is 7.01. The van der Waals surface area contributed by atoms with Gasteiger partial charge in [-0.15, -0.1) is 0 Å². The van der Waals surface area contributed by atoms with E-state index in [9.17, 15) is 4.79 Å². The fraction of sp³-hybridized carbons (Fsp3) is 0.385. The Labute approximate surface area is 112 Å². The third kappa shape index (κ3) is 3.61. The topological polar surface area (TPSA) is 88.2 Å². The van der Waals surface area contributed by atoms with Gasteiger partial charge < -0.3 is 20.6 Å². The second-order valence-corrected chi connectivity index (χ2v) is 4.31. The molecule has 0 aliphatic rings. The fourth-order valence-corrected chi connectivity index (χ4v) is 1.71. The predicted molar refractivity (Wildman–Crippen MR) is 72.5 cm³/mol. The van der Waals surface area contributed by atoms with Crippen molar-refractivity contribution in [2.45, 2.75) is 6.92 Å². The van der Waals surface area contributed by atoms with Crippen molar-refractivity contribution in [3.63, 3.8) is 0 Å². The highest BCUT2D eigenvalue weighted by Crippen LogP contribution is 2.19. The number of carbonyl (C=O) groups excluding carboxylic acids is 1. The lowest BCUT2D eigenvalue weighted by Gasteiger charge is -2.21. The largest absolute Gasteiger partial charge is 0.496 e. The average Bonchev–Trinajstić information content (AvgIpc) is 2.45. The first-order chi connectivity index (χ1) is 9.01. The van der Waals surface area contributed by atoms with Crippen molar-refractivity contribution in [2.24, 2.45) is 16.8 Å². The molecule has 1 atom stereocenters. The van der Waals surface area contributed by atoms with Crippen LogP contribution in [0.5, 0.6) is 5.75 Å². The molecule has 3 N–H and O–H groups in total. The first kappa shape index (κ1) is 14.8. The summed E-state index contributed by atoms with van der Waals surface area (Å²) in [4.78, 5) is 13.8. The van der Waals surface area contributed by atoms with E-state index in [0.29, 0.717) is 17.9 Å². The fourth-order valence-electron chi connectivity index (χ4n) is 1.71. The molecule has 6 nitrogen and oxygen atoms in total. The van der Waals surface area contributed by atoms with Crippen LogP contribution in [0.4, 0.5) is 0 Å². The minimum atomic E-state index is -0.228. The molecule has 0 saturated carbocycles. The molecule has 6 heteroatoms. The molecule has 0 radical (unpaired) electrons. The molecule has 1 rings (SSSR count). The average molecular weight is 265 g/mol. The molecule has 0 aromatic heterocycles. The quantitative estimate of drug-likeness (QED) is 0.362. The van der Waals surface area contributed by atoms with E-state index in [1.807, 2.05) is 0 Å². The number of rotatable bonds is 5. The minimum Gasteiger partial charge on any atom is -0.496 e. The maximum Gasteiger partial charge on any atom is 0.257 e. The maximum atomic E-state index is 12.3. The van der Waals surface area contributed by atoms with E-state index >= 15 is 0 Å². The molecule has 1 amide bonds. The molecule has 1 aromatic rings. The summed E-state index contributed by atoms with van der Waals surface area (Å²) in [5.41, 5.74) is 5.98. The van der Waals surface area contributed by atoms with Gasteiger partial charge in [0.05, 0.1) is 12.7 Å². The van der Waals surface area contributed by atoms with Gasteiger partial charge in [-0.3, -0.25) is 4.79 Å². The minimum absolute atomic E-state index is 0.0969. The Morgan fingerprint density at radius 3 is 2.74 bits per heavy atom. The number of oxime groups is 1. The molecule has 19 heavy (non-hydrogen) atoms. The van der Waals surface area contributed by atoms with Gasteiger partial charge in [0.15, 0.2) is 0 Å². The monoisotopic (exact) mass is 265 g/mol. The number of benzene rings is 1. The second-order valence-electron chi connectivity index (χ2n) is 4.31. The van der Waals surface area contributed by atoms with Crippen LogP contribution in [0.1, 0.15) is 17.3 Å². The van der Waals surface area contributed by atoms with Crippen molar-refractivity contribution in [3.8, 4) is 5.75 Å². The zero-order valence-electron chi connectivity index (χ0n) is 11.3. The van der Waals surface area contributed by atoms with Gasteiger partial charge in [-0.05, 0) is 12.1 Å². The van der Waals surface area contributed by atoms with E-state index in [1.54, 1.807) is 38.2 Å². The van der Waals surface area contributed by atoms with Crippen LogP contribution < -0.4 is 10.5 Å². The Morgan fingerprint density at radius 2 is 2.16 bits per heavy atom. The number of hydrogen-bond donors (Lipinski definition) is 2. The van der Waals surface area contributed by atoms with Gasteiger partial charge in [-0.1, -0.05) is 24.2 Å². The Balaban J connectivity index is 2.82. The highest BCUT2D eigenvalue weighted by Gasteiger charge is 2.19. The lowest BCUT2D eigenvalue weighted by atomic mass is 10.1. The van der Waals surface area contributed by atoms with Crippen molar-refractivity contribution in [1.82, 2.24) is 4.90 Å². The van der Waals surface area contributed by atoms with Crippen molar-refractivity contribution in [3.05, 3.63) is 29.8 Å². The van der Waals surface area contributed by atoms with Gasteiger partial charge in [-0.25, -0.2) is 0 Å². The third-order valence-electron chi connectivity index (χ3n) is 2.85. The Hall–Kier alpha value is -2.24. The van der Waals surface area contributed by atoms with E-state index in [1.165, 1.54) is 12.0 Å². The van der Waals surface area contributed by atoms with E-state index < -0.39 is 0 Å². The lowest BCUT2D eigenvalue weighted by Crippen LogP contribution is -2.36. The van der Waals surface area contributed by atoms with Crippen molar-refractivity contribution in [2.75, 3.05) is 20.7 Å². The summed E-state index contributed by atoms with van der Waals surface area (Å²) in [7, 11) is 3.18. The second kappa shape index (κ2) is 6.63. The standard InChI is InChI=1S/C13H19N3O3/c1-9(12(14)15-18)8-16(2)13(17)10-6-4-5-7-11(10)19-3/h4-7,9,18H,8H2,1-3H3,(H2,14,15). The van der Waals surface area contributed by atoms with Gasteiger partial charge >= 0.3 is 0 Å². The maximum absolute atomic E-state index is 12.3. The van der Waals surface area contributed by atoms with Crippen LogP contribution in [0, 0.1) is 5.92 Å². The number of carbonyl (C=O) groups is 1. The number of amides is 1. The molecule has 0 heterocycles. The number of amidine groups is 1. The Bertz CT molecular complexity index is 474. The van der Waals surface area contributed by atoms with Crippen LogP contribution in [0.3, 0.4) is 0 Å². The van der Waals surface area contributed by atoms with Gasteiger partial charge in [0.1, 0.15) is 11.6 Å². The number of hydrogen-bond acceptors (Lipinski definition) is 4. The van der Waals surface area contributed by atoms with Gasteiger partial charge in [0, 0.05) is 19.5 Å². The van der Waals surface area contributed by atoms with Gasteiger partial charge in [-0.2, -0.15) is 0 Å². The molecule has 1 aromatic carbocycles. The molecule has 0 spiro atoms. The summed E-state index contributed by atoms with van der Waals surface area (Å²) in [6.45, 7) is 2.13. The third-order valence-corrected chi connectivity index (χ3v) is 2.85. The van der Waals surface area contributed by atoms with Crippen molar-refractivity contribution < 1.29 is 14.7 Å². The first-order valence-corrected chi connectivity index (χ1v) is 5.87. The molecule has 0 aliphatic heterocycles. The van der Waals surface area contributed by atoms with Crippen LogP contribution in [0.25, 0.3) is 0 Å². The molecule has 104 valence electrons.